The van der Waals surface area contributed by atoms with Crippen LogP contribution in [-0.4, -0.2) is 25.2 Å². The van der Waals surface area contributed by atoms with Crippen molar-refractivity contribution >= 4 is 23.2 Å². The van der Waals surface area contributed by atoms with E-state index < -0.39 is 0 Å². The van der Waals surface area contributed by atoms with Gasteiger partial charge >= 0.3 is 0 Å². The minimum absolute atomic E-state index is 0.534. The Morgan fingerprint density at radius 2 is 2.14 bits per heavy atom. The highest BCUT2D eigenvalue weighted by atomic mass is 35.5. The summed E-state index contributed by atoms with van der Waals surface area (Å²) in [6.07, 6.45) is 7.53. The Balaban J connectivity index is 1.69. The maximum Gasteiger partial charge on any atom is 0.0453 e. The summed E-state index contributed by atoms with van der Waals surface area (Å²) in [4.78, 5) is 0. The van der Waals surface area contributed by atoms with E-state index in [0.717, 1.165) is 23.6 Å². The molecular weight excluding hydrogens is 303 g/mol. The van der Waals surface area contributed by atoms with Crippen molar-refractivity contribution in [3.8, 4) is 0 Å². The van der Waals surface area contributed by atoms with Crippen LogP contribution in [0.5, 0.6) is 0 Å². The topological polar surface area (TPSA) is 24.1 Å². The molecule has 2 rings (SSSR count). The van der Waals surface area contributed by atoms with Crippen molar-refractivity contribution in [3.63, 3.8) is 0 Å². The number of hydrogen-bond donors (Lipinski definition) is 2. The third-order valence-corrected chi connectivity index (χ3v) is 4.79. The second kappa shape index (κ2) is 8.99. The van der Waals surface area contributed by atoms with Gasteiger partial charge < -0.3 is 10.6 Å². The Bertz CT molecular complexity index is 429. The van der Waals surface area contributed by atoms with Crippen LogP contribution in [0.15, 0.2) is 18.2 Å². The highest BCUT2D eigenvalue weighted by Crippen LogP contribution is 2.21. The van der Waals surface area contributed by atoms with Gasteiger partial charge in [0.25, 0.3) is 0 Å². The van der Waals surface area contributed by atoms with E-state index in [0.29, 0.717) is 17.1 Å². The molecule has 1 aliphatic rings. The second-order valence-electron chi connectivity index (χ2n) is 6.08. The van der Waals surface area contributed by atoms with Gasteiger partial charge in [-0.3, -0.25) is 0 Å². The van der Waals surface area contributed by atoms with Crippen LogP contribution in [0.1, 0.15) is 44.6 Å². The van der Waals surface area contributed by atoms with Gasteiger partial charge in [-0.25, -0.2) is 0 Å². The van der Waals surface area contributed by atoms with E-state index in [1.165, 1.54) is 38.6 Å². The molecule has 0 amide bonds. The molecule has 1 aromatic carbocycles. The van der Waals surface area contributed by atoms with Gasteiger partial charge in [-0.2, -0.15) is 0 Å². The first-order valence-electron chi connectivity index (χ1n) is 8.06. The molecule has 2 unspecified atom stereocenters. The molecule has 2 N–H and O–H groups in total. The fourth-order valence-corrected chi connectivity index (χ4v) is 3.49. The average molecular weight is 329 g/mol. The fraction of sp³-hybridized carbons (Fsp3) is 0.647. The Kier molecular flexibility index (Phi) is 7.31. The normalized spacial score (nSPS) is 21.0. The lowest BCUT2D eigenvalue weighted by Crippen LogP contribution is -2.37. The number of hydrogen-bond acceptors (Lipinski definition) is 2. The van der Waals surface area contributed by atoms with E-state index >= 15 is 0 Å². The van der Waals surface area contributed by atoms with Crippen molar-refractivity contribution in [2.24, 2.45) is 0 Å². The van der Waals surface area contributed by atoms with Crippen molar-refractivity contribution in [1.29, 1.82) is 0 Å². The fourth-order valence-electron chi connectivity index (χ4n) is 2.99. The van der Waals surface area contributed by atoms with E-state index in [1.54, 1.807) is 0 Å². The van der Waals surface area contributed by atoms with Gasteiger partial charge in [0, 0.05) is 22.1 Å². The summed E-state index contributed by atoms with van der Waals surface area (Å²) in [6, 6.07) is 6.95. The number of nitrogens with one attached hydrogen (secondary N) is 2. The lowest BCUT2D eigenvalue weighted by molar-refractivity contribution is 0.405. The minimum Gasteiger partial charge on any atom is -0.314 e. The molecule has 1 heterocycles. The largest absolute Gasteiger partial charge is 0.314 e. The lowest BCUT2D eigenvalue weighted by Gasteiger charge is -2.21. The van der Waals surface area contributed by atoms with Gasteiger partial charge in [-0.1, -0.05) is 42.1 Å². The van der Waals surface area contributed by atoms with Gasteiger partial charge in [0.1, 0.15) is 0 Å². The molecule has 4 heteroatoms. The summed E-state index contributed by atoms with van der Waals surface area (Å²) in [5, 5.41) is 8.73. The molecule has 0 spiro atoms. The Morgan fingerprint density at radius 3 is 2.95 bits per heavy atom. The van der Waals surface area contributed by atoms with Crippen molar-refractivity contribution in [2.75, 3.05) is 13.1 Å². The van der Waals surface area contributed by atoms with Crippen molar-refractivity contribution in [2.45, 2.75) is 57.5 Å². The van der Waals surface area contributed by atoms with Crippen molar-refractivity contribution in [1.82, 2.24) is 10.6 Å². The Morgan fingerprint density at radius 1 is 1.29 bits per heavy atom. The third-order valence-electron chi connectivity index (χ3n) is 4.20. The van der Waals surface area contributed by atoms with Crippen LogP contribution < -0.4 is 10.6 Å². The predicted molar refractivity (Wildman–Crippen MR) is 92.5 cm³/mol. The van der Waals surface area contributed by atoms with Gasteiger partial charge in [0.2, 0.25) is 0 Å². The van der Waals surface area contributed by atoms with Gasteiger partial charge in [-0.05, 0) is 63.4 Å². The number of benzene rings is 1. The smallest absolute Gasteiger partial charge is 0.0453 e. The van der Waals surface area contributed by atoms with Crippen LogP contribution >= 0.6 is 23.2 Å². The highest BCUT2D eigenvalue weighted by Gasteiger charge is 2.14. The van der Waals surface area contributed by atoms with Crippen LogP contribution in [-0.2, 0) is 6.42 Å². The van der Waals surface area contributed by atoms with Crippen LogP contribution in [0.3, 0.4) is 0 Å². The molecule has 0 bridgehead atoms. The summed E-state index contributed by atoms with van der Waals surface area (Å²) in [6.45, 7) is 4.41. The van der Waals surface area contributed by atoms with Crippen LogP contribution in [0, 0.1) is 0 Å². The first kappa shape index (κ1) is 17.1. The molecule has 0 aliphatic carbocycles. The molecule has 1 saturated heterocycles. The zero-order chi connectivity index (χ0) is 15.1. The number of rotatable bonds is 6. The van der Waals surface area contributed by atoms with E-state index in [4.69, 9.17) is 23.2 Å². The SMILES string of the molecule is CC(CC1CCCCCN1)NCCc1ccc(Cl)cc1Cl. The number of halogens is 2. The Hall–Kier alpha value is -0.280. The van der Waals surface area contributed by atoms with Gasteiger partial charge in [-0.15, -0.1) is 0 Å². The summed E-state index contributed by atoms with van der Waals surface area (Å²) in [7, 11) is 0. The molecule has 0 aromatic heterocycles. The predicted octanol–water partition coefficient (Wildman–Crippen LogP) is 4.44. The van der Waals surface area contributed by atoms with Gasteiger partial charge in [0.05, 0.1) is 0 Å². The van der Waals surface area contributed by atoms with E-state index in [1.807, 2.05) is 18.2 Å². The van der Waals surface area contributed by atoms with Crippen molar-refractivity contribution < 1.29 is 0 Å². The van der Waals surface area contributed by atoms with Crippen LogP contribution in [0.2, 0.25) is 10.0 Å². The van der Waals surface area contributed by atoms with E-state index in [-0.39, 0.29) is 0 Å². The summed E-state index contributed by atoms with van der Waals surface area (Å²) < 4.78 is 0. The molecule has 1 fully saturated rings. The third kappa shape index (κ3) is 6.15. The standard InChI is InChI=1S/C17H26Cl2N2/c1-13(11-16-5-3-2-4-9-21-16)20-10-8-14-6-7-15(18)12-17(14)19/h6-7,12-13,16,20-21H,2-5,8-11H2,1H3. The minimum atomic E-state index is 0.534. The first-order valence-corrected chi connectivity index (χ1v) is 8.81. The monoisotopic (exact) mass is 328 g/mol. The molecule has 2 atom stereocenters. The molecule has 2 nitrogen and oxygen atoms in total. The molecule has 0 saturated carbocycles. The lowest BCUT2D eigenvalue weighted by atomic mass is 10.0. The quantitative estimate of drug-likeness (QED) is 0.806. The molecule has 1 aromatic rings. The van der Waals surface area contributed by atoms with Crippen LogP contribution in [0.25, 0.3) is 0 Å². The Labute approximate surface area is 138 Å². The van der Waals surface area contributed by atoms with E-state index in [2.05, 4.69) is 17.6 Å². The molecule has 118 valence electrons. The summed E-state index contributed by atoms with van der Waals surface area (Å²) in [5.41, 5.74) is 1.16. The van der Waals surface area contributed by atoms with Crippen molar-refractivity contribution in [3.05, 3.63) is 33.8 Å². The zero-order valence-electron chi connectivity index (χ0n) is 12.8. The second-order valence-corrected chi connectivity index (χ2v) is 6.92. The maximum atomic E-state index is 6.20. The molecular formula is C17H26Cl2N2. The van der Waals surface area contributed by atoms with Gasteiger partial charge in [0.15, 0.2) is 0 Å². The maximum absolute atomic E-state index is 6.20. The zero-order valence-corrected chi connectivity index (χ0v) is 14.3. The molecule has 1 aliphatic heterocycles. The van der Waals surface area contributed by atoms with Crippen LogP contribution in [0.4, 0.5) is 0 Å². The average Bonchev–Trinajstić information content (AvgIpc) is 2.70. The molecule has 21 heavy (non-hydrogen) atoms. The van der Waals surface area contributed by atoms with E-state index in [9.17, 15) is 0 Å². The molecule has 0 radical (unpaired) electrons. The first-order chi connectivity index (χ1) is 10.1. The highest BCUT2D eigenvalue weighted by molar-refractivity contribution is 6.35. The summed E-state index contributed by atoms with van der Waals surface area (Å²) >= 11 is 12.1. The summed E-state index contributed by atoms with van der Waals surface area (Å²) in [5.74, 6) is 0.